The van der Waals surface area contributed by atoms with Gasteiger partial charge in [0, 0.05) is 6.54 Å². The van der Waals surface area contributed by atoms with Crippen LogP contribution >= 0.6 is 11.8 Å². The molecule has 6 heteroatoms. The van der Waals surface area contributed by atoms with Gasteiger partial charge in [0.05, 0.1) is 11.6 Å². The maximum absolute atomic E-state index is 11.7. The fourth-order valence-corrected chi connectivity index (χ4v) is 2.19. The Balaban J connectivity index is 2.38. The summed E-state index contributed by atoms with van der Waals surface area (Å²) in [4.78, 5) is 22.5. The third kappa shape index (κ3) is 5.63. The van der Waals surface area contributed by atoms with E-state index < -0.39 is 12.0 Å². The molecule has 0 aliphatic carbocycles. The molecule has 0 unspecified atom stereocenters. The topological polar surface area (TPSA) is 92.4 Å². The minimum Gasteiger partial charge on any atom is -0.478 e. The minimum atomic E-state index is -0.949. The van der Waals surface area contributed by atoms with Crippen LogP contribution in [0.1, 0.15) is 22.3 Å². The molecule has 4 N–H and O–H groups in total. The summed E-state index contributed by atoms with van der Waals surface area (Å²) in [5.41, 5.74) is 6.88. The van der Waals surface area contributed by atoms with Crippen LogP contribution in [-0.4, -0.2) is 41.6 Å². The third-order valence-corrected chi connectivity index (χ3v) is 3.50. The highest BCUT2D eigenvalue weighted by molar-refractivity contribution is 7.98. The molecule has 0 fully saturated rings. The predicted molar refractivity (Wildman–Crippen MR) is 81.1 cm³/mol. The highest BCUT2D eigenvalue weighted by Gasteiger charge is 2.12. The molecule has 1 rings (SSSR count). The molecule has 0 bridgehead atoms. The minimum absolute atomic E-state index is 0.159. The number of hydrogen-bond donors (Lipinski definition) is 3. The van der Waals surface area contributed by atoms with Crippen LogP contribution in [0.15, 0.2) is 24.3 Å². The smallest absolute Gasteiger partial charge is 0.335 e. The molecule has 0 saturated carbocycles. The molecule has 0 aliphatic rings. The van der Waals surface area contributed by atoms with E-state index in [2.05, 4.69) is 5.32 Å². The molecule has 0 saturated heterocycles. The van der Waals surface area contributed by atoms with Gasteiger partial charge in [-0.15, -0.1) is 0 Å². The van der Waals surface area contributed by atoms with Crippen molar-refractivity contribution in [2.75, 3.05) is 18.6 Å². The first-order valence-electron chi connectivity index (χ1n) is 6.39. The lowest BCUT2D eigenvalue weighted by atomic mass is 10.1. The van der Waals surface area contributed by atoms with Gasteiger partial charge in [0.25, 0.3) is 0 Å². The van der Waals surface area contributed by atoms with E-state index in [-0.39, 0.29) is 11.5 Å². The Hall–Kier alpha value is -1.53. The summed E-state index contributed by atoms with van der Waals surface area (Å²) in [6.45, 7) is 0.453. The van der Waals surface area contributed by atoms with Crippen molar-refractivity contribution in [3.63, 3.8) is 0 Å². The average molecular weight is 296 g/mol. The van der Waals surface area contributed by atoms with E-state index in [9.17, 15) is 9.59 Å². The number of hydrogen-bond acceptors (Lipinski definition) is 4. The number of nitrogens with one attached hydrogen (secondary N) is 1. The zero-order chi connectivity index (χ0) is 15.0. The van der Waals surface area contributed by atoms with Gasteiger partial charge in [-0.25, -0.2) is 4.79 Å². The van der Waals surface area contributed by atoms with Crippen molar-refractivity contribution in [3.8, 4) is 0 Å². The van der Waals surface area contributed by atoms with Gasteiger partial charge in [0.1, 0.15) is 0 Å². The first-order valence-corrected chi connectivity index (χ1v) is 7.78. The molecule has 0 heterocycles. The van der Waals surface area contributed by atoms with Crippen molar-refractivity contribution in [1.29, 1.82) is 0 Å². The van der Waals surface area contributed by atoms with Gasteiger partial charge >= 0.3 is 5.97 Å². The number of aromatic carboxylic acids is 1. The molecule has 110 valence electrons. The van der Waals surface area contributed by atoms with Gasteiger partial charge in [-0.1, -0.05) is 12.1 Å². The predicted octanol–water partition coefficient (Wildman–Crippen LogP) is 1.12. The molecule has 1 amide bonds. The number of carbonyl (C=O) groups excluding carboxylic acids is 1. The quantitative estimate of drug-likeness (QED) is 0.668. The van der Waals surface area contributed by atoms with Gasteiger partial charge in [-0.05, 0) is 42.5 Å². The fraction of sp³-hybridized carbons (Fsp3) is 0.429. The van der Waals surface area contributed by atoms with Crippen molar-refractivity contribution in [3.05, 3.63) is 35.4 Å². The van der Waals surface area contributed by atoms with Gasteiger partial charge in [0.2, 0.25) is 5.91 Å². The van der Waals surface area contributed by atoms with Gasteiger partial charge in [-0.2, -0.15) is 11.8 Å². The van der Waals surface area contributed by atoms with Crippen molar-refractivity contribution >= 4 is 23.6 Å². The Bertz CT molecular complexity index is 465. The molecule has 0 aliphatic heterocycles. The lowest BCUT2D eigenvalue weighted by molar-refractivity contribution is -0.122. The van der Waals surface area contributed by atoms with Crippen LogP contribution in [0.4, 0.5) is 0 Å². The van der Waals surface area contributed by atoms with Gasteiger partial charge in [0.15, 0.2) is 0 Å². The van der Waals surface area contributed by atoms with Crippen molar-refractivity contribution in [1.82, 2.24) is 5.32 Å². The fourth-order valence-electron chi connectivity index (χ4n) is 1.70. The van der Waals surface area contributed by atoms with E-state index in [1.165, 1.54) is 0 Å². The average Bonchev–Trinajstić information content (AvgIpc) is 2.44. The van der Waals surface area contributed by atoms with E-state index >= 15 is 0 Å². The SMILES string of the molecule is CSCC[C@H](N)C(=O)NCCc1cccc(C(=O)O)c1. The summed E-state index contributed by atoms with van der Waals surface area (Å²) in [5, 5.41) is 11.7. The van der Waals surface area contributed by atoms with Crippen molar-refractivity contribution in [2.45, 2.75) is 18.9 Å². The van der Waals surface area contributed by atoms with E-state index in [0.717, 1.165) is 11.3 Å². The Kier molecular flexibility index (Phi) is 7.11. The number of thioether (sulfide) groups is 1. The molecule has 5 nitrogen and oxygen atoms in total. The summed E-state index contributed by atoms with van der Waals surface area (Å²) in [7, 11) is 0. The molecular formula is C14H20N2O3S. The molecule has 1 aromatic rings. The zero-order valence-corrected chi connectivity index (χ0v) is 12.3. The maximum Gasteiger partial charge on any atom is 0.335 e. The Morgan fingerprint density at radius 3 is 2.85 bits per heavy atom. The highest BCUT2D eigenvalue weighted by atomic mass is 32.2. The van der Waals surface area contributed by atoms with Crippen LogP contribution in [0.2, 0.25) is 0 Å². The monoisotopic (exact) mass is 296 g/mol. The molecular weight excluding hydrogens is 276 g/mol. The molecule has 1 atom stereocenters. The summed E-state index contributed by atoms with van der Waals surface area (Å²) in [6, 6.07) is 6.22. The van der Waals surface area contributed by atoms with Crippen LogP contribution in [0.25, 0.3) is 0 Å². The van der Waals surface area contributed by atoms with Crippen molar-refractivity contribution in [2.24, 2.45) is 5.73 Å². The number of rotatable bonds is 8. The Morgan fingerprint density at radius 1 is 1.45 bits per heavy atom. The number of carboxylic acid groups (broad SMARTS) is 1. The second-order valence-corrected chi connectivity index (χ2v) is 5.42. The Morgan fingerprint density at radius 2 is 2.20 bits per heavy atom. The van der Waals surface area contributed by atoms with E-state index in [0.29, 0.717) is 19.4 Å². The number of nitrogens with two attached hydrogens (primary N) is 1. The molecule has 0 radical (unpaired) electrons. The van der Waals surface area contributed by atoms with Gasteiger partial charge in [-0.3, -0.25) is 4.79 Å². The van der Waals surface area contributed by atoms with Crippen LogP contribution in [-0.2, 0) is 11.2 Å². The van der Waals surface area contributed by atoms with E-state index in [1.54, 1.807) is 30.0 Å². The van der Waals surface area contributed by atoms with E-state index in [4.69, 9.17) is 10.8 Å². The van der Waals surface area contributed by atoms with Gasteiger partial charge < -0.3 is 16.2 Å². The van der Waals surface area contributed by atoms with Crippen LogP contribution in [0.5, 0.6) is 0 Å². The lowest BCUT2D eigenvalue weighted by Crippen LogP contribution is -2.41. The summed E-state index contributed by atoms with van der Waals surface area (Å²) in [5.74, 6) is -0.252. The summed E-state index contributed by atoms with van der Waals surface area (Å²) < 4.78 is 0. The summed E-state index contributed by atoms with van der Waals surface area (Å²) >= 11 is 1.66. The second-order valence-electron chi connectivity index (χ2n) is 4.43. The first-order chi connectivity index (χ1) is 9.54. The van der Waals surface area contributed by atoms with Crippen LogP contribution < -0.4 is 11.1 Å². The highest BCUT2D eigenvalue weighted by Crippen LogP contribution is 2.06. The van der Waals surface area contributed by atoms with E-state index in [1.807, 2.05) is 12.3 Å². The zero-order valence-electron chi connectivity index (χ0n) is 11.5. The van der Waals surface area contributed by atoms with Crippen molar-refractivity contribution < 1.29 is 14.7 Å². The number of carboxylic acids is 1. The molecule has 1 aromatic carbocycles. The second kappa shape index (κ2) is 8.60. The lowest BCUT2D eigenvalue weighted by Gasteiger charge is -2.11. The Labute approximate surface area is 122 Å². The number of carbonyl (C=O) groups is 2. The third-order valence-electron chi connectivity index (χ3n) is 2.86. The normalized spacial score (nSPS) is 11.9. The van der Waals surface area contributed by atoms with Crippen LogP contribution in [0.3, 0.4) is 0 Å². The maximum atomic E-state index is 11.7. The molecule has 0 spiro atoms. The summed E-state index contributed by atoms with van der Waals surface area (Å²) in [6.07, 6.45) is 3.21. The number of benzene rings is 1. The molecule has 0 aromatic heterocycles. The standard InChI is InChI=1S/C14H20N2O3S/c1-20-8-6-12(15)13(17)16-7-5-10-3-2-4-11(9-10)14(18)19/h2-4,9,12H,5-8,15H2,1H3,(H,16,17)(H,18,19)/t12-/m0/s1. The molecule has 20 heavy (non-hydrogen) atoms. The first kappa shape index (κ1) is 16.5. The largest absolute Gasteiger partial charge is 0.478 e. The van der Waals surface area contributed by atoms with Crippen LogP contribution in [0, 0.1) is 0 Å². The number of amides is 1.